The second kappa shape index (κ2) is 6.95. The number of nitrogens with zero attached hydrogens (tertiary/aromatic N) is 2. The summed E-state index contributed by atoms with van der Waals surface area (Å²) in [6.45, 7) is 1.74. The maximum Gasteiger partial charge on any atom is 0.328 e. The largest absolute Gasteiger partial charge is 0.501 e. The third-order valence-electron chi connectivity index (χ3n) is 2.43. The van der Waals surface area contributed by atoms with Gasteiger partial charge in [-0.3, -0.25) is 4.28 Å². The van der Waals surface area contributed by atoms with Crippen LogP contribution in [0.3, 0.4) is 0 Å². The molecule has 1 aliphatic carbocycles. The number of oxime groups is 1. The highest BCUT2D eigenvalue weighted by Gasteiger charge is 2.17. The van der Waals surface area contributed by atoms with Crippen molar-refractivity contribution in [3.63, 3.8) is 0 Å². The Morgan fingerprint density at radius 2 is 2.21 bits per heavy atom. The summed E-state index contributed by atoms with van der Waals surface area (Å²) in [6.07, 6.45) is 4.32. The zero-order chi connectivity index (χ0) is 14.3. The summed E-state index contributed by atoms with van der Waals surface area (Å²) in [6, 6.07) is 2.00. The molecule has 1 aliphatic rings. The molecular weight excluding hydrogens is 268 g/mol. The van der Waals surface area contributed by atoms with E-state index < -0.39 is 10.1 Å². The van der Waals surface area contributed by atoms with E-state index in [1.807, 2.05) is 6.07 Å². The number of nitriles is 1. The predicted octanol–water partition coefficient (Wildman–Crippen LogP) is 1.87. The topological polar surface area (TPSA) is 88.8 Å². The van der Waals surface area contributed by atoms with Crippen LogP contribution in [0.5, 0.6) is 0 Å². The quantitative estimate of drug-likeness (QED) is 0.695. The lowest BCUT2D eigenvalue weighted by molar-refractivity contribution is 0.284. The highest BCUT2D eigenvalue weighted by Crippen LogP contribution is 2.19. The molecule has 0 heterocycles. The minimum absolute atomic E-state index is 0.0892. The molecule has 0 bridgehead atoms. The summed E-state index contributed by atoms with van der Waals surface area (Å²) >= 11 is 0. The fourth-order valence-corrected chi connectivity index (χ4v) is 2.27. The summed E-state index contributed by atoms with van der Waals surface area (Å²) in [7, 11) is -2.14. The molecule has 6 nitrogen and oxygen atoms in total. The van der Waals surface area contributed by atoms with E-state index in [0.717, 1.165) is 0 Å². The molecule has 0 aromatic rings. The fourth-order valence-electron chi connectivity index (χ4n) is 1.49. The van der Waals surface area contributed by atoms with Gasteiger partial charge in [-0.05, 0) is 18.1 Å². The first-order valence-corrected chi connectivity index (χ1v) is 7.39. The molecular formula is C12H16N2O4S. The molecule has 0 aromatic carbocycles. The zero-order valence-corrected chi connectivity index (χ0v) is 11.7. The number of allylic oxidation sites excluding steroid dienone is 4. The van der Waals surface area contributed by atoms with Gasteiger partial charge in [-0.15, -0.1) is 0 Å². The van der Waals surface area contributed by atoms with E-state index in [-0.39, 0.29) is 12.2 Å². The van der Waals surface area contributed by atoms with Gasteiger partial charge < -0.3 is 4.74 Å². The van der Waals surface area contributed by atoms with Gasteiger partial charge in [-0.1, -0.05) is 18.2 Å². The van der Waals surface area contributed by atoms with Gasteiger partial charge in [-0.2, -0.15) is 13.7 Å². The normalized spacial score (nSPS) is 17.4. The molecule has 0 N–H and O–H groups in total. The van der Waals surface area contributed by atoms with Gasteiger partial charge in [0.25, 0.3) is 0 Å². The zero-order valence-electron chi connectivity index (χ0n) is 10.9. The molecule has 0 amide bonds. The molecule has 19 heavy (non-hydrogen) atoms. The Morgan fingerprint density at radius 3 is 2.79 bits per heavy atom. The fraction of sp³-hybridized carbons (Fsp3) is 0.500. The summed E-state index contributed by atoms with van der Waals surface area (Å²) in [4.78, 5) is 0. The van der Waals surface area contributed by atoms with Crippen LogP contribution in [-0.4, -0.2) is 27.0 Å². The van der Waals surface area contributed by atoms with E-state index in [1.165, 1.54) is 7.11 Å². The van der Waals surface area contributed by atoms with Crippen molar-refractivity contribution < 1.29 is 17.4 Å². The second-order valence-corrected chi connectivity index (χ2v) is 5.59. The van der Waals surface area contributed by atoms with Crippen LogP contribution in [0.1, 0.15) is 26.2 Å². The monoisotopic (exact) mass is 284 g/mol. The van der Waals surface area contributed by atoms with Gasteiger partial charge in [0.2, 0.25) is 0 Å². The van der Waals surface area contributed by atoms with Crippen LogP contribution in [0.4, 0.5) is 0 Å². The molecule has 0 unspecified atom stereocenters. The summed E-state index contributed by atoms with van der Waals surface area (Å²) in [5, 5.41) is 12.4. The first-order chi connectivity index (χ1) is 9.02. The number of ether oxygens (including phenoxy) is 1. The van der Waals surface area contributed by atoms with Crippen molar-refractivity contribution in [2.45, 2.75) is 26.2 Å². The lowest BCUT2D eigenvalue weighted by atomic mass is 9.99. The van der Waals surface area contributed by atoms with Crippen LogP contribution in [0.25, 0.3) is 0 Å². The van der Waals surface area contributed by atoms with Crippen LogP contribution in [0.15, 0.2) is 28.6 Å². The van der Waals surface area contributed by atoms with E-state index in [2.05, 4.69) is 9.44 Å². The number of rotatable bonds is 6. The number of hydrogen-bond donors (Lipinski definition) is 0. The molecule has 0 aliphatic heterocycles. The molecule has 0 saturated carbocycles. The van der Waals surface area contributed by atoms with Crippen molar-refractivity contribution >= 4 is 15.8 Å². The van der Waals surface area contributed by atoms with Crippen molar-refractivity contribution in [3.8, 4) is 6.07 Å². The molecule has 0 atom stereocenters. The maximum absolute atomic E-state index is 11.4. The Balaban J connectivity index is 2.89. The lowest BCUT2D eigenvalue weighted by Crippen LogP contribution is -2.13. The van der Waals surface area contributed by atoms with Gasteiger partial charge in [-0.25, -0.2) is 0 Å². The first-order valence-electron chi connectivity index (χ1n) is 5.81. The van der Waals surface area contributed by atoms with Crippen molar-refractivity contribution in [1.82, 2.24) is 0 Å². The van der Waals surface area contributed by atoms with Gasteiger partial charge in [0.15, 0.2) is 0 Å². The maximum atomic E-state index is 11.4. The molecule has 0 aromatic heterocycles. The van der Waals surface area contributed by atoms with E-state index in [4.69, 9.17) is 10.00 Å². The minimum atomic E-state index is -3.65. The number of hydrogen-bond acceptors (Lipinski definition) is 6. The summed E-state index contributed by atoms with van der Waals surface area (Å²) < 4.78 is 32.5. The third kappa shape index (κ3) is 4.75. The summed E-state index contributed by atoms with van der Waals surface area (Å²) in [5.41, 5.74) is 1.04. The molecule has 7 heteroatoms. The van der Waals surface area contributed by atoms with Crippen molar-refractivity contribution in [3.05, 3.63) is 23.5 Å². The highest BCUT2D eigenvalue weighted by molar-refractivity contribution is 7.86. The van der Waals surface area contributed by atoms with Gasteiger partial charge >= 0.3 is 10.1 Å². The molecule has 0 saturated heterocycles. The van der Waals surface area contributed by atoms with Crippen molar-refractivity contribution in [2.75, 3.05) is 12.9 Å². The second-order valence-electron chi connectivity index (χ2n) is 3.91. The average molecular weight is 284 g/mol. The van der Waals surface area contributed by atoms with E-state index in [9.17, 15) is 8.42 Å². The Hall–Kier alpha value is -1.81. The Kier molecular flexibility index (Phi) is 5.57. The van der Waals surface area contributed by atoms with Crippen LogP contribution in [-0.2, 0) is 19.1 Å². The van der Waals surface area contributed by atoms with E-state index >= 15 is 0 Å². The smallest absolute Gasteiger partial charge is 0.328 e. The minimum Gasteiger partial charge on any atom is -0.501 e. The van der Waals surface area contributed by atoms with Crippen LogP contribution < -0.4 is 0 Å². The highest BCUT2D eigenvalue weighted by atomic mass is 32.2. The van der Waals surface area contributed by atoms with Gasteiger partial charge in [0.05, 0.1) is 37.5 Å². The standard InChI is InChI=1S/C12H16N2O4S/c1-3-8-19(15,16)18-14-12-9-11(17-2)5-4-10(12)6-7-13/h4-5H,3,6,8-9H2,1-2H3. The molecule has 0 fully saturated rings. The number of methoxy groups -OCH3 is 1. The van der Waals surface area contributed by atoms with Crippen LogP contribution in [0.2, 0.25) is 0 Å². The molecule has 104 valence electrons. The van der Waals surface area contributed by atoms with Crippen LogP contribution in [0, 0.1) is 11.3 Å². The Labute approximate surface area is 113 Å². The first kappa shape index (κ1) is 15.2. The van der Waals surface area contributed by atoms with Crippen molar-refractivity contribution in [1.29, 1.82) is 5.26 Å². The van der Waals surface area contributed by atoms with E-state index in [1.54, 1.807) is 19.1 Å². The van der Waals surface area contributed by atoms with Crippen molar-refractivity contribution in [2.24, 2.45) is 5.16 Å². The van der Waals surface area contributed by atoms with Crippen LogP contribution >= 0.6 is 0 Å². The lowest BCUT2D eigenvalue weighted by Gasteiger charge is -2.14. The summed E-state index contributed by atoms with van der Waals surface area (Å²) in [5.74, 6) is 0.547. The predicted molar refractivity (Wildman–Crippen MR) is 70.6 cm³/mol. The molecule has 1 rings (SSSR count). The van der Waals surface area contributed by atoms with Gasteiger partial charge in [0.1, 0.15) is 5.76 Å². The molecule has 0 radical (unpaired) electrons. The van der Waals surface area contributed by atoms with Gasteiger partial charge in [0, 0.05) is 0 Å². The van der Waals surface area contributed by atoms with E-state index in [0.29, 0.717) is 29.9 Å². The average Bonchev–Trinajstić information content (AvgIpc) is 2.38. The Bertz CT molecular complexity index is 553. The SMILES string of the molecule is CCCS(=O)(=O)ON=C1CC(OC)=CC=C1CC#N. The third-order valence-corrected chi connectivity index (χ3v) is 3.64. The molecule has 0 spiro atoms. The Morgan fingerprint density at radius 1 is 1.47 bits per heavy atom.